The lowest BCUT2D eigenvalue weighted by Crippen LogP contribution is -2.29. The van der Waals surface area contributed by atoms with Crippen molar-refractivity contribution in [2.24, 2.45) is 5.41 Å². The maximum absolute atomic E-state index is 11.7. The van der Waals surface area contributed by atoms with Crippen LogP contribution in [0.5, 0.6) is 0 Å². The summed E-state index contributed by atoms with van der Waals surface area (Å²) < 4.78 is 4.99. The molecule has 0 saturated carbocycles. The number of carbonyl (C=O) groups excluding carboxylic acids is 1. The third kappa shape index (κ3) is 8.31. The van der Waals surface area contributed by atoms with Crippen LogP contribution in [0.1, 0.15) is 33.6 Å². The minimum absolute atomic E-state index is 0.0311. The summed E-state index contributed by atoms with van der Waals surface area (Å²) in [6.45, 7) is 5.50. The zero-order valence-electron chi connectivity index (χ0n) is 11.4. The summed E-state index contributed by atoms with van der Waals surface area (Å²) in [6.07, 6.45) is 1.35. The van der Waals surface area contributed by atoms with Crippen LogP contribution in [0.3, 0.4) is 0 Å². The average molecular weight is 302 g/mol. The second kappa shape index (κ2) is 11.9. The molecule has 0 spiro atoms. The number of hydrogen-bond donors (Lipinski definition) is 1. The molecular weight excluding hydrogens is 284 g/mol. The topological polar surface area (TPSA) is 120 Å². The Morgan fingerprint density at radius 3 is 2.05 bits per heavy atom. The Morgan fingerprint density at radius 2 is 1.50 bits per heavy atom. The van der Waals surface area contributed by atoms with Crippen molar-refractivity contribution >= 4 is 5.97 Å². The molecule has 0 aromatic heterocycles. The molecule has 0 bridgehead atoms. The quantitative estimate of drug-likeness (QED) is 0.230. The first kappa shape index (κ1) is 19.1. The van der Waals surface area contributed by atoms with Gasteiger partial charge in [-0.3, -0.25) is 4.79 Å². The molecule has 0 amide bonds. The van der Waals surface area contributed by atoms with Crippen LogP contribution >= 0.6 is 0 Å². The molecule has 0 heterocycles. The lowest BCUT2D eigenvalue weighted by molar-refractivity contribution is -0.830. The molecule has 0 atom stereocenters. The molecule has 0 fully saturated rings. The number of carbonyl (C=O) groups is 1. The number of rotatable bonds is 13. The molecule has 0 aromatic rings. The minimum atomic E-state index is -0.513. The molecule has 11 nitrogen and oxygen atoms in total. The van der Waals surface area contributed by atoms with Gasteiger partial charge in [0.05, 0.1) is 5.41 Å². The minimum Gasteiger partial charge on any atom is -0.463 e. The zero-order valence-corrected chi connectivity index (χ0v) is 11.4. The van der Waals surface area contributed by atoms with E-state index < -0.39 is 5.41 Å². The molecule has 0 aliphatic carbocycles. The highest BCUT2D eigenvalue weighted by Gasteiger charge is 2.30. The molecule has 0 aliphatic rings. The Balaban J connectivity index is 3.42. The van der Waals surface area contributed by atoms with Gasteiger partial charge in [-0.25, -0.2) is 10.1 Å². The normalized spacial score (nSPS) is 11.6. The summed E-state index contributed by atoms with van der Waals surface area (Å²) >= 11 is 0. The van der Waals surface area contributed by atoms with Crippen LogP contribution in [0, 0.1) is 5.41 Å². The number of hydrogen-bond acceptors (Lipinski definition) is 11. The van der Waals surface area contributed by atoms with Crippen molar-refractivity contribution in [2.75, 3.05) is 13.2 Å². The van der Waals surface area contributed by atoms with Gasteiger partial charge in [-0.15, -0.1) is 0 Å². The van der Waals surface area contributed by atoms with Gasteiger partial charge in [-0.05, 0) is 55.0 Å². The lowest BCUT2D eigenvalue weighted by atomic mass is 9.85. The Bertz CT molecular complexity index is 242. The second-order valence-corrected chi connectivity index (χ2v) is 3.71. The van der Waals surface area contributed by atoms with Gasteiger partial charge < -0.3 is 4.74 Å². The molecule has 0 unspecified atom stereocenters. The summed E-state index contributed by atoms with van der Waals surface area (Å²) in [5.41, 5.74) is -0.513. The number of esters is 1. The van der Waals surface area contributed by atoms with Gasteiger partial charge in [-0.2, -0.15) is 0 Å². The highest BCUT2D eigenvalue weighted by molar-refractivity contribution is 5.76. The molecular formula is C9H18O11. The van der Waals surface area contributed by atoms with Gasteiger partial charge in [-0.1, -0.05) is 13.8 Å². The van der Waals surface area contributed by atoms with Crippen LogP contribution in [0.4, 0.5) is 0 Å². The smallest absolute Gasteiger partial charge is 0.311 e. The van der Waals surface area contributed by atoms with Crippen molar-refractivity contribution in [3.63, 3.8) is 0 Å². The zero-order chi connectivity index (χ0) is 15.3. The molecule has 0 rings (SSSR count). The Hall–Kier alpha value is -0.890. The maximum Gasteiger partial charge on any atom is 0.311 e. The molecule has 1 N–H and O–H groups in total. The van der Waals surface area contributed by atoms with E-state index in [4.69, 9.17) is 9.99 Å². The fraction of sp³-hybridized carbons (Fsp3) is 0.889. The van der Waals surface area contributed by atoms with Crippen molar-refractivity contribution in [3.05, 3.63) is 0 Å². The summed E-state index contributed by atoms with van der Waals surface area (Å²) in [5.74, 6) is -0.318. The third-order valence-electron chi connectivity index (χ3n) is 2.67. The van der Waals surface area contributed by atoms with Gasteiger partial charge in [0, 0.05) is 0 Å². The monoisotopic (exact) mass is 302 g/mol. The van der Waals surface area contributed by atoms with Gasteiger partial charge >= 0.3 is 5.97 Å². The highest BCUT2D eigenvalue weighted by Crippen LogP contribution is 2.26. The molecule has 0 radical (unpaired) electrons. The van der Waals surface area contributed by atoms with E-state index in [0.29, 0.717) is 12.8 Å². The van der Waals surface area contributed by atoms with Gasteiger partial charge in [0.25, 0.3) is 0 Å². The van der Waals surface area contributed by atoms with E-state index >= 15 is 0 Å². The van der Waals surface area contributed by atoms with E-state index in [9.17, 15) is 4.79 Å². The van der Waals surface area contributed by atoms with E-state index in [2.05, 4.69) is 40.2 Å². The van der Waals surface area contributed by atoms with E-state index in [1.165, 1.54) is 0 Å². The molecule has 0 aromatic carbocycles. The Labute approximate surface area is 114 Å². The second-order valence-electron chi connectivity index (χ2n) is 3.71. The van der Waals surface area contributed by atoms with Crippen molar-refractivity contribution in [1.29, 1.82) is 0 Å². The first-order valence-electron chi connectivity index (χ1n) is 5.71. The fourth-order valence-corrected chi connectivity index (χ4v) is 0.993. The molecule has 11 heteroatoms. The Kier molecular flexibility index (Phi) is 11.4. The molecule has 0 aliphatic heterocycles. The predicted octanol–water partition coefficient (Wildman–Crippen LogP) is 1.37. The first-order chi connectivity index (χ1) is 9.60. The highest BCUT2D eigenvalue weighted by atomic mass is 17.9. The largest absolute Gasteiger partial charge is 0.463 e. The third-order valence-corrected chi connectivity index (χ3v) is 2.67. The summed E-state index contributed by atoms with van der Waals surface area (Å²) in [6, 6.07) is 0. The SMILES string of the molecule is CCC(C)(CC)C(=O)OCCOOOOOOOOO. The van der Waals surface area contributed by atoms with E-state index in [0.717, 1.165) is 0 Å². The van der Waals surface area contributed by atoms with Crippen LogP contribution in [0.15, 0.2) is 0 Å². The van der Waals surface area contributed by atoms with Crippen molar-refractivity contribution in [2.45, 2.75) is 33.6 Å². The molecule has 20 heavy (non-hydrogen) atoms. The van der Waals surface area contributed by atoms with Crippen molar-refractivity contribution < 1.29 is 54.9 Å². The van der Waals surface area contributed by atoms with Gasteiger partial charge in [0.1, 0.15) is 13.2 Å². The molecule has 120 valence electrons. The van der Waals surface area contributed by atoms with E-state index in [-0.39, 0.29) is 19.2 Å². The van der Waals surface area contributed by atoms with Crippen LogP contribution in [-0.4, -0.2) is 24.4 Å². The fourth-order valence-electron chi connectivity index (χ4n) is 0.993. The van der Waals surface area contributed by atoms with E-state index in [1.807, 2.05) is 20.8 Å². The first-order valence-corrected chi connectivity index (χ1v) is 5.71. The number of ether oxygens (including phenoxy) is 1. The van der Waals surface area contributed by atoms with Crippen LogP contribution in [-0.2, 0) is 49.7 Å². The molecule has 0 saturated heterocycles. The van der Waals surface area contributed by atoms with E-state index in [1.54, 1.807) is 0 Å². The van der Waals surface area contributed by atoms with Crippen molar-refractivity contribution in [1.82, 2.24) is 0 Å². The van der Waals surface area contributed by atoms with Crippen LogP contribution in [0.2, 0.25) is 0 Å². The van der Waals surface area contributed by atoms with Gasteiger partial charge in [0.15, 0.2) is 0 Å². The van der Waals surface area contributed by atoms with Crippen LogP contribution in [0.25, 0.3) is 0 Å². The summed E-state index contributed by atoms with van der Waals surface area (Å²) in [5, 5.41) is 32.3. The lowest BCUT2D eigenvalue weighted by Gasteiger charge is -2.23. The predicted molar refractivity (Wildman–Crippen MR) is 55.8 cm³/mol. The van der Waals surface area contributed by atoms with Crippen LogP contribution < -0.4 is 0 Å². The van der Waals surface area contributed by atoms with Gasteiger partial charge in [0.2, 0.25) is 0 Å². The summed E-state index contributed by atoms with van der Waals surface area (Å²) in [7, 11) is 0. The standard InChI is InChI=1S/C9H18O11/c1-4-9(3,5-2)8(10)12-6-7-13-15-17-19-20-18-16-14-11/h11H,4-7H2,1-3H3. The van der Waals surface area contributed by atoms with Crippen molar-refractivity contribution in [3.8, 4) is 0 Å². The Morgan fingerprint density at radius 1 is 0.950 bits per heavy atom. The summed E-state index contributed by atoms with van der Waals surface area (Å²) in [4.78, 5) is 16.1. The maximum atomic E-state index is 11.7. The average Bonchev–Trinajstić information content (AvgIpc) is 2.48.